The van der Waals surface area contributed by atoms with Gasteiger partial charge in [-0.3, -0.25) is 9.59 Å². The molecule has 0 saturated heterocycles. The van der Waals surface area contributed by atoms with Gasteiger partial charge in [0.05, 0.1) is 13.0 Å². The number of esters is 1. The quantitative estimate of drug-likeness (QED) is 0.325. The van der Waals surface area contributed by atoms with E-state index in [-0.39, 0.29) is 12.4 Å². The van der Waals surface area contributed by atoms with E-state index < -0.39 is 12.0 Å². The molecule has 0 spiro atoms. The number of carboxylic acids is 1. The molecule has 0 aliphatic heterocycles. The van der Waals surface area contributed by atoms with Gasteiger partial charge in [0, 0.05) is 6.54 Å². The Morgan fingerprint density at radius 2 is 1.58 bits per heavy atom. The Hall–Kier alpha value is -1.10. The molecule has 0 radical (unpaired) electrons. The standard InChI is InChI=1S/C19H37NO4/c1-4-5-6-7-8-9-10-11-14-24-18(21)12-13-20-17(19(22)23)15-16(2)3/h16-17,20H,4-15H2,1-3H3,(H,22,23)/t17-/m1/s1. The summed E-state index contributed by atoms with van der Waals surface area (Å²) in [7, 11) is 0. The summed E-state index contributed by atoms with van der Waals surface area (Å²) in [5.74, 6) is -0.817. The zero-order valence-corrected chi connectivity index (χ0v) is 15.8. The van der Waals surface area contributed by atoms with E-state index >= 15 is 0 Å². The highest BCUT2D eigenvalue weighted by Gasteiger charge is 2.18. The summed E-state index contributed by atoms with van der Waals surface area (Å²) in [5.41, 5.74) is 0. The third-order valence-corrected chi connectivity index (χ3v) is 3.99. The average Bonchev–Trinajstić information content (AvgIpc) is 2.51. The second-order valence-corrected chi connectivity index (χ2v) is 6.92. The maximum atomic E-state index is 11.6. The predicted molar refractivity (Wildman–Crippen MR) is 97.1 cm³/mol. The van der Waals surface area contributed by atoms with Crippen LogP contribution in [-0.4, -0.2) is 36.2 Å². The van der Waals surface area contributed by atoms with Gasteiger partial charge in [-0.1, -0.05) is 65.7 Å². The lowest BCUT2D eigenvalue weighted by atomic mass is 10.0. The van der Waals surface area contributed by atoms with Crippen LogP contribution in [0.4, 0.5) is 0 Å². The highest BCUT2D eigenvalue weighted by molar-refractivity contribution is 5.73. The summed E-state index contributed by atoms with van der Waals surface area (Å²) in [6.45, 7) is 7.00. The van der Waals surface area contributed by atoms with E-state index in [0.29, 0.717) is 25.5 Å². The molecule has 0 amide bonds. The number of carbonyl (C=O) groups excluding carboxylic acids is 1. The number of carboxylic acid groups (broad SMARTS) is 1. The fourth-order valence-electron chi connectivity index (χ4n) is 2.59. The topological polar surface area (TPSA) is 75.6 Å². The van der Waals surface area contributed by atoms with Crippen molar-refractivity contribution < 1.29 is 19.4 Å². The number of unbranched alkanes of at least 4 members (excludes halogenated alkanes) is 7. The van der Waals surface area contributed by atoms with E-state index in [4.69, 9.17) is 9.84 Å². The van der Waals surface area contributed by atoms with Gasteiger partial charge in [-0.25, -0.2) is 0 Å². The van der Waals surface area contributed by atoms with Gasteiger partial charge in [-0.15, -0.1) is 0 Å². The van der Waals surface area contributed by atoms with E-state index in [2.05, 4.69) is 12.2 Å². The molecule has 0 rings (SSSR count). The van der Waals surface area contributed by atoms with Crippen LogP contribution in [-0.2, 0) is 14.3 Å². The van der Waals surface area contributed by atoms with Crippen LogP contribution >= 0.6 is 0 Å². The minimum atomic E-state index is -0.865. The SMILES string of the molecule is CCCCCCCCCCOC(=O)CCN[C@H](CC(C)C)C(=O)O. The van der Waals surface area contributed by atoms with Crippen molar-refractivity contribution in [1.82, 2.24) is 5.32 Å². The number of ether oxygens (including phenoxy) is 1. The Kier molecular flexibility index (Phi) is 14.7. The van der Waals surface area contributed by atoms with Gasteiger partial charge >= 0.3 is 11.9 Å². The molecule has 0 unspecified atom stereocenters. The van der Waals surface area contributed by atoms with E-state index in [1.165, 1.54) is 38.5 Å². The maximum absolute atomic E-state index is 11.6. The minimum absolute atomic E-state index is 0.221. The normalized spacial score (nSPS) is 12.3. The van der Waals surface area contributed by atoms with E-state index in [1.54, 1.807) is 0 Å². The van der Waals surface area contributed by atoms with Crippen molar-refractivity contribution in [3.05, 3.63) is 0 Å². The fourth-order valence-corrected chi connectivity index (χ4v) is 2.59. The van der Waals surface area contributed by atoms with Crippen molar-refractivity contribution in [3.8, 4) is 0 Å². The van der Waals surface area contributed by atoms with Gasteiger partial charge in [-0.2, -0.15) is 0 Å². The fraction of sp³-hybridized carbons (Fsp3) is 0.895. The second-order valence-electron chi connectivity index (χ2n) is 6.92. The number of hydrogen-bond donors (Lipinski definition) is 2. The molecule has 0 heterocycles. The number of aliphatic carboxylic acids is 1. The zero-order chi connectivity index (χ0) is 18.2. The van der Waals surface area contributed by atoms with Gasteiger partial charge in [0.1, 0.15) is 6.04 Å². The third kappa shape index (κ3) is 14.5. The smallest absolute Gasteiger partial charge is 0.320 e. The highest BCUT2D eigenvalue weighted by Crippen LogP contribution is 2.08. The van der Waals surface area contributed by atoms with Crippen LogP contribution in [0.25, 0.3) is 0 Å². The summed E-state index contributed by atoms with van der Waals surface area (Å²) in [6.07, 6.45) is 10.5. The molecule has 142 valence electrons. The molecule has 0 aromatic carbocycles. The molecule has 0 aliphatic carbocycles. The van der Waals surface area contributed by atoms with Crippen LogP contribution in [0.3, 0.4) is 0 Å². The number of rotatable bonds is 16. The highest BCUT2D eigenvalue weighted by atomic mass is 16.5. The first-order chi connectivity index (χ1) is 11.5. The predicted octanol–water partition coefficient (Wildman–Crippen LogP) is 4.15. The third-order valence-electron chi connectivity index (χ3n) is 3.99. The number of hydrogen-bond acceptors (Lipinski definition) is 4. The molecule has 0 aliphatic rings. The Morgan fingerprint density at radius 3 is 2.12 bits per heavy atom. The minimum Gasteiger partial charge on any atom is -0.480 e. The summed E-state index contributed by atoms with van der Waals surface area (Å²) >= 11 is 0. The maximum Gasteiger partial charge on any atom is 0.320 e. The van der Waals surface area contributed by atoms with E-state index in [1.807, 2.05) is 13.8 Å². The monoisotopic (exact) mass is 343 g/mol. The molecule has 2 N–H and O–H groups in total. The molecule has 0 aromatic rings. The largest absolute Gasteiger partial charge is 0.480 e. The molecule has 0 fully saturated rings. The van der Waals surface area contributed by atoms with Gasteiger partial charge in [0.2, 0.25) is 0 Å². The van der Waals surface area contributed by atoms with E-state index in [9.17, 15) is 9.59 Å². The van der Waals surface area contributed by atoms with Crippen LogP contribution in [0.5, 0.6) is 0 Å². The van der Waals surface area contributed by atoms with Crippen LogP contribution in [0, 0.1) is 5.92 Å². The van der Waals surface area contributed by atoms with Crippen molar-refractivity contribution in [3.63, 3.8) is 0 Å². The molecular formula is C19H37NO4. The lowest BCUT2D eigenvalue weighted by molar-refractivity contribution is -0.144. The average molecular weight is 344 g/mol. The van der Waals surface area contributed by atoms with Crippen LogP contribution < -0.4 is 5.32 Å². The second kappa shape index (κ2) is 15.4. The lowest BCUT2D eigenvalue weighted by Crippen LogP contribution is -2.39. The number of nitrogens with one attached hydrogen (secondary N) is 1. The van der Waals surface area contributed by atoms with Crippen LogP contribution in [0.2, 0.25) is 0 Å². The van der Waals surface area contributed by atoms with Crippen molar-refractivity contribution in [1.29, 1.82) is 0 Å². The molecule has 0 saturated carbocycles. The first kappa shape index (κ1) is 22.9. The van der Waals surface area contributed by atoms with Crippen LogP contribution in [0.1, 0.15) is 85.0 Å². The Balaban J connectivity index is 3.54. The summed E-state index contributed by atoms with van der Waals surface area (Å²) in [6, 6.07) is -0.592. The number of carbonyl (C=O) groups is 2. The molecule has 24 heavy (non-hydrogen) atoms. The Labute approximate surface area is 147 Å². The Morgan fingerprint density at radius 1 is 1.00 bits per heavy atom. The molecule has 0 bridgehead atoms. The first-order valence-corrected chi connectivity index (χ1v) is 9.59. The van der Waals surface area contributed by atoms with Crippen LogP contribution in [0.15, 0.2) is 0 Å². The zero-order valence-electron chi connectivity index (χ0n) is 15.8. The lowest BCUT2D eigenvalue weighted by Gasteiger charge is -2.16. The summed E-state index contributed by atoms with van der Waals surface area (Å²) in [5, 5.41) is 12.0. The molecular weight excluding hydrogens is 306 g/mol. The van der Waals surface area contributed by atoms with E-state index in [0.717, 1.165) is 12.8 Å². The van der Waals surface area contributed by atoms with Gasteiger partial charge in [-0.05, 0) is 18.8 Å². The molecule has 1 atom stereocenters. The van der Waals surface area contributed by atoms with Crippen molar-refractivity contribution in [2.24, 2.45) is 5.92 Å². The van der Waals surface area contributed by atoms with Gasteiger partial charge in [0.15, 0.2) is 0 Å². The van der Waals surface area contributed by atoms with Crippen molar-refractivity contribution in [2.45, 2.75) is 91.0 Å². The van der Waals surface area contributed by atoms with Crippen molar-refractivity contribution >= 4 is 11.9 Å². The van der Waals surface area contributed by atoms with Gasteiger partial charge in [0.25, 0.3) is 0 Å². The molecule has 5 nitrogen and oxygen atoms in total. The van der Waals surface area contributed by atoms with Gasteiger partial charge < -0.3 is 15.2 Å². The van der Waals surface area contributed by atoms with Crippen molar-refractivity contribution in [2.75, 3.05) is 13.2 Å². The first-order valence-electron chi connectivity index (χ1n) is 9.59. The molecule has 0 aromatic heterocycles. The Bertz CT molecular complexity index is 331. The summed E-state index contributed by atoms with van der Waals surface area (Å²) < 4.78 is 5.18. The molecule has 5 heteroatoms. The summed E-state index contributed by atoms with van der Waals surface area (Å²) in [4.78, 5) is 22.7.